The summed E-state index contributed by atoms with van der Waals surface area (Å²) >= 11 is 7.97. The molecule has 28 heavy (non-hydrogen) atoms. The molecule has 0 unspecified atom stereocenters. The Hall–Kier alpha value is -2.31. The van der Waals surface area contributed by atoms with Crippen LogP contribution in [0.3, 0.4) is 0 Å². The number of hydrogen-bond donors (Lipinski definition) is 1. The molecule has 0 aliphatic heterocycles. The van der Waals surface area contributed by atoms with E-state index in [0.717, 1.165) is 22.9 Å². The number of rotatable bonds is 7. The number of nitrogens with one attached hydrogen (secondary N) is 1. The highest BCUT2D eigenvalue weighted by atomic mass is 35.5. The number of benzene rings is 1. The lowest BCUT2D eigenvalue weighted by molar-refractivity contribution is 0.0951. The maximum atomic E-state index is 12.5. The van der Waals surface area contributed by atoms with Crippen LogP contribution in [0.5, 0.6) is 0 Å². The minimum Gasteiger partial charge on any atom is -0.350 e. The molecule has 0 aliphatic rings. The number of thioether (sulfide) groups is 1. The molecule has 0 fully saturated rings. The molecule has 0 atom stereocenters. The van der Waals surface area contributed by atoms with Crippen molar-refractivity contribution >= 4 is 29.3 Å². The number of aryl methyl sites for hydroxylation is 3. The van der Waals surface area contributed by atoms with Crippen molar-refractivity contribution in [1.82, 2.24) is 20.1 Å². The molecule has 146 valence electrons. The molecule has 2 aromatic heterocycles. The highest BCUT2D eigenvalue weighted by Gasteiger charge is 2.15. The monoisotopic (exact) mass is 414 g/mol. The van der Waals surface area contributed by atoms with Crippen molar-refractivity contribution in [3.63, 3.8) is 0 Å². The van der Waals surface area contributed by atoms with E-state index in [2.05, 4.69) is 46.6 Å². The van der Waals surface area contributed by atoms with Gasteiger partial charge >= 0.3 is 0 Å². The molecular formula is C21H23ClN4OS. The van der Waals surface area contributed by atoms with Crippen molar-refractivity contribution in [3.05, 3.63) is 75.7 Å². The SMILES string of the molecule is Cc1ccc(CSCCNC(=O)c2nc(-n3nc(C)cc3C)ccc2Cl)cc1. The highest BCUT2D eigenvalue weighted by Crippen LogP contribution is 2.18. The van der Waals surface area contributed by atoms with Crippen LogP contribution < -0.4 is 5.32 Å². The zero-order valence-electron chi connectivity index (χ0n) is 16.2. The largest absolute Gasteiger partial charge is 0.350 e. The maximum absolute atomic E-state index is 12.5. The second-order valence-electron chi connectivity index (χ2n) is 6.63. The summed E-state index contributed by atoms with van der Waals surface area (Å²) in [4.78, 5) is 16.9. The van der Waals surface area contributed by atoms with Gasteiger partial charge in [0.1, 0.15) is 5.69 Å². The fraction of sp³-hybridized carbons (Fsp3) is 0.286. The van der Waals surface area contributed by atoms with E-state index in [-0.39, 0.29) is 11.6 Å². The third-order valence-corrected chi connectivity index (χ3v) is 5.53. The van der Waals surface area contributed by atoms with Crippen LogP contribution in [-0.4, -0.2) is 33.0 Å². The van der Waals surface area contributed by atoms with E-state index >= 15 is 0 Å². The van der Waals surface area contributed by atoms with E-state index in [1.165, 1.54) is 11.1 Å². The normalized spacial score (nSPS) is 10.9. The molecule has 0 bridgehead atoms. The van der Waals surface area contributed by atoms with E-state index in [0.29, 0.717) is 17.4 Å². The molecule has 3 aromatic rings. The van der Waals surface area contributed by atoms with E-state index in [4.69, 9.17) is 11.6 Å². The third kappa shape index (κ3) is 5.14. The number of nitrogens with zero attached hydrogens (tertiary/aromatic N) is 3. The number of carbonyl (C=O) groups excluding carboxylic acids is 1. The van der Waals surface area contributed by atoms with Gasteiger partial charge in [0, 0.05) is 23.7 Å². The second kappa shape index (κ2) is 9.26. The zero-order chi connectivity index (χ0) is 20.1. The van der Waals surface area contributed by atoms with Crippen molar-refractivity contribution in [2.45, 2.75) is 26.5 Å². The van der Waals surface area contributed by atoms with Crippen LogP contribution in [0.4, 0.5) is 0 Å². The Morgan fingerprint density at radius 1 is 1.14 bits per heavy atom. The lowest BCUT2D eigenvalue weighted by Crippen LogP contribution is -2.27. The predicted octanol–water partition coefficient (Wildman–Crippen LogP) is 4.51. The van der Waals surface area contributed by atoms with Gasteiger partial charge in [-0.1, -0.05) is 41.4 Å². The van der Waals surface area contributed by atoms with E-state index in [1.807, 2.05) is 19.9 Å². The lowest BCUT2D eigenvalue weighted by Gasteiger charge is -2.09. The molecule has 0 spiro atoms. The smallest absolute Gasteiger partial charge is 0.271 e. The highest BCUT2D eigenvalue weighted by molar-refractivity contribution is 7.98. The first kappa shape index (κ1) is 20.4. The summed E-state index contributed by atoms with van der Waals surface area (Å²) in [5.41, 5.74) is 4.60. The van der Waals surface area contributed by atoms with Crippen molar-refractivity contribution < 1.29 is 4.79 Å². The minimum absolute atomic E-state index is 0.218. The average Bonchev–Trinajstić information content (AvgIpc) is 3.01. The van der Waals surface area contributed by atoms with Gasteiger partial charge in [0.15, 0.2) is 5.82 Å². The summed E-state index contributed by atoms with van der Waals surface area (Å²) in [6.07, 6.45) is 0. The summed E-state index contributed by atoms with van der Waals surface area (Å²) in [6.45, 7) is 6.50. The van der Waals surface area contributed by atoms with Crippen molar-refractivity contribution in [2.75, 3.05) is 12.3 Å². The van der Waals surface area contributed by atoms with Crippen LogP contribution in [0.1, 0.15) is 33.0 Å². The van der Waals surface area contributed by atoms with Crippen molar-refractivity contribution in [1.29, 1.82) is 0 Å². The molecule has 0 radical (unpaired) electrons. The van der Waals surface area contributed by atoms with Gasteiger partial charge in [-0.2, -0.15) is 16.9 Å². The molecule has 0 saturated heterocycles. The minimum atomic E-state index is -0.274. The maximum Gasteiger partial charge on any atom is 0.271 e. The number of pyridine rings is 1. The van der Waals surface area contributed by atoms with Gasteiger partial charge in [-0.3, -0.25) is 4.79 Å². The van der Waals surface area contributed by atoms with Crippen LogP contribution in [0, 0.1) is 20.8 Å². The molecule has 0 aliphatic carbocycles. The zero-order valence-corrected chi connectivity index (χ0v) is 17.8. The standard InChI is InChI=1S/C21H23ClN4OS/c1-14-4-6-17(7-5-14)13-28-11-10-23-21(27)20-18(22)8-9-19(24-20)26-16(3)12-15(2)25-26/h4-9,12H,10-11,13H2,1-3H3,(H,23,27). The Kier molecular flexibility index (Phi) is 6.75. The van der Waals surface area contributed by atoms with Gasteiger partial charge in [0.25, 0.3) is 5.91 Å². The van der Waals surface area contributed by atoms with Gasteiger partial charge in [-0.05, 0) is 44.5 Å². The predicted molar refractivity (Wildman–Crippen MR) is 116 cm³/mol. The van der Waals surface area contributed by atoms with Gasteiger partial charge in [-0.25, -0.2) is 9.67 Å². The molecule has 0 saturated carbocycles. The van der Waals surface area contributed by atoms with Gasteiger partial charge in [0.2, 0.25) is 0 Å². The Labute approximate surface area is 174 Å². The van der Waals surface area contributed by atoms with E-state index in [1.54, 1.807) is 28.6 Å². The summed E-state index contributed by atoms with van der Waals surface area (Å²) in [5, 5.41) is 7.63. The molecule has 1 amide bonds. The summed E-state index contributed by atoms with van der Waals surface area (Å²) in [7, 11) is 0. The van der Waals surface area contributed by atoms with Gasteiger partial charge < -0.3 is 5.32 Å². The van der Waals surface area contributed by atoms with Crippen LogP contribution in [0.25, 0.3) is 5.82 Å². The third-order valence-electron chi connectivity index (χ3n) is 4.19. The quantitative estimate of drug-likeness (QED) is 0.578. The molecule has 5 nitrogen and oxygen atoms in total. The number of halogens is 1. The summed E-state index contributed by atoms with van der Waals surface area (Å²) in [6, 6.07) is 13.9. The first-order valence-electron chi connectivity index (χ1n) is 9.05. The number of amides is 1. The van der Waals surface area contributed by atoms with Crippen LogP contribution in [-0.2, 0) is 5.75 Å². The first-order valence-corrected chi connectivity index (χ1v) is 10.6. The molecule has 1 N–H and O–H groups in total. The summed E-state index contributed by atoms with van der Waals surface area (Å²) in [5.74, 6) is 2.04. The Morgan fingerprint density at radius 2 is 1.89 bits per heavy atom. The van der Waals surface area contributed by atoms with E-state index < -0.39 is 0 Å². The van der Waals surface area contributed by atoms with Crippen LogP contribution >= 0.6 is 23.4 Å². The molecule has 3 rings (SSSR count). The van der Waals surface area contributed by atoms with Gasteiger partial charge in [-0.15, -0.1) is 0 Å². The Morgan fingerprint density at radius 3 is 2.57 bits per heavy atom. The van der Waals surface area contributed by atoms with Crippen LogP contribution in [0.15, 0.2) is 42.5 Å². The summed E-state index contributed by atoms with van der Waals surface area (Å²) < 4.78 is 1.71. The number of hydrogen-bond acceptors (Lipinski definition) is 4. The molecule has 1 aromatic carbocycles. The Balaban J connectivity index is 1.56. The number of aromatic nitrogens is 3. The fourth-order valence-corrected chi connectivity index (χ4v) is 3.77. The van der Waals surface area contributed by atoms with Crippen molar-refractivity contribution in [3.8, 4) is 5.82 Å². The van der Waals surface area contributed by atoms with E-state index in [9.17, 15) is 4.79 Å². The first-order chi connectivity index (χ1) is 13.4. The molecule has 7 heteroatoms. The van der Waals surface area contributed by atoms with Crippen LogP contribution in [0.2, 0.25) is 5.02 Å². The van der Waals surface area contributed by atoms with Gasteiger partial charge in [0.05, 0.1) is 10.7 Å². The average molecular weight is 415 g/mol. The fourth-order valence-electron chi connectivity index (χ4n) is 2.76. The molecular weight excluding hydrogens is 392 g/mol. The second-order valence-corrected chi connectivity index (χ2v) is 8.15. The lowest BCUT2D eigenvalue weighted by atomic mass is 10.2. The van der Waals surface area contributed by atoms with Crippen molar-refractivity contribution in [2.24, 2.45) is 0 Å². The number of carbonyl (C=O) groups is 1. The topological polar surface area (TPSA) is 59.8 Å². The molecule has 2 heterocycles. The Bertz CT molecular complexity index is 969.